The van der Waals surface area contributed by atoms with Crippen molar-refractivity contribution >= 4 is 94.4 Å². The summed E-state index contributed by atoms with van der Waals surface area (Å²) in [6.07, 6.45) is 18.8. The van der Waals surface area contributed by atoms with E-state index in [9.17, 15) is 24.3 Å². The van der Waals surface area contributed by atoms with E-state index in [1.807, 2.05) is 74.5 Å². The molecule has 48 nitrogen and oxygen atoms in total. The zero-order valence-corrected chi connectivity index (χ0v) is 86.7. The normalized spacial score (nSPS) is 10.5. The molecule has 2 amide bonds. The number of unbranched alkanes of at least 4 members (excludes halogenated alkanes) is 4. The molecule has 6 aromatic heterocycles. The summed E-state index contributed by atoms with van der Waals surface area (Å²) in [7, 11) is 17.0. The number of aliphatic carboxylic acids is 1. The van der Waals surface area contributed by atoms with Crippen LogP contribution in [-0.2, 0) is 62.4 Å². The van der Waals surface area contributed by atoms with Gasteiger partial charge in [0.2, 0.25) is 70.5 Å². The zero-order chi connectivity index (χ0) is 109. The molecule has 6 aromatic carbocycles. The minimum absolute atomic E-state index is 0.0414. The van der Waals surface area contributed by atoms with Crippen LogP contribution in [-0.4, -0.2) is 212 Å². The fraction of sp³-hybridized carbons (Fsp3) is 0.373. The highest BCUT2D eigenvalue weighted by molar-refractivity contribution is 5.78. The molecule has 0 aliphatic rings. The number of esters is 1. The maximum atomic E-state index is 12.3. The summed E-state index contributed by atoms with van der Waals surface area (Å²) < 4.78 is 87.7. The fourth-order valence-electron chi connectivity index (χ4n) is 14.8. The molecule has 28 N–H and O–H groups in total. The van der Waals surface area contributed by atoms with Gasteiger partial charge in [-0.05, 0) is 177 Å². The number of hydrogen-bond acceptors (Lipinski definition) is 45. The second-order valence-electron chi connectivity index (χ2n) is 33.1. The number of carbonyl (C=O) groups excluding carboxylic acids is 3. The van der Waals surface area contributed by atoms with Gasteiger partial charge in [0, 0.05) is 135 Å². The number of methoxy groups -OCH3 is 11. The number of carbonyl (C=O) groups is 4. The number of aromatic nitrogens is 12. The van der Waals surface area contributed by atoms with Gasteiger partial charge in [-0.25, -0.2) is 29.9 Å². The average Bonchev–Trinajstić information content (AvgIpc) is 0.833. The van der Waals surface area contributed by atoms with E-state index in [1.54, 1.807) is 106 Å². The molecule has 0 aliphatic heterocycles. The van der Waals surface area contributed by atoms with Gasteiger partial charge < -0.3 is 165 Å². The number of benzene rings is 6. The van der Waals surface area contributed by atoms with Crippen molar-refractivity contribution in [3.8, 4) is 92.0 Å². The smallest absolute Gasteiger partial charge is 0.305 e. The molecular formula is C102H136N26O22. The summed E-state index contributed by atoms with van der Waals surface area (Å²) in [5, 5.41) is 24.0. The molecule has 0 unspecified atom stereocenters. The van der Waals surface area contributed by atoms with Gasteiger partial charge >= 0.3 is 11.9 Å². The van der Waals surface area contributed by atoms with Gasteiger partial charge in [-0.15, -0.1) is 0 Å². The van der Waals surface area contributed by atoms with Crippen molar-refractivity contribution in [1.29, 1.82) is 0 Å². The summed E-state index contributed by atoms with van der Waals surface area (Å²) in [4.78, 5) is 94.2. The van der Waals surface area contributed by atoms with Crippen LogP contribution in [0.2, 0.25) is 0 Å². The van der Waals surface area contributed by atoms with Crippen LogP contribution in [0, 0.1) is 13.8 Å². The Morgan fingerprint density at radius 2 is 0.507 bits per heavy atom. The molecule has 150 heavy (non-hydrogen) atoms. The SMILES string of the molecule is CCOC(=O)CCCCOc1c(OC)cc(Cc2cnc(N)nc2N)cc1OC.COc1cc(Cc2cnc(N)nc2N)cc(C)c1OCCCCC(=O)NCNC(=O)CCCCOc1c(C)cc(Cc2cnc(N)nc2N)cc1OC.COc1cc(Cc2cnc(N)nc2N)cc(OC)c1O.COc1cc(Cc2cnc(N)nc2N)cc(OC)c1OC.COc1cc(Cc2cnc(N)nc2N)cc(OC)c1OCCCCC(=O)O. The first kappa shape index (κ1) is 117. The highest BCUT2D eigenvalue weighted by atomic mass is 16.6. The van der Waals surface area contributed by atoms with Crippen molar-refractivity contribution in [2.75, 3.05) is 187 Å². The number of aryl methyl sites for hydroxylation is 2. The summed E-state index contributed by atoms with van der Waals surface area (Å²) in [5.41, 5.74) is 80.5. The number of carboxylic acids is 1. The number of phenols is 1. The second-order valence-corrected chi connectivity index (χ2v) is 33.1. The summed E-state index contributed by atoms with van der Waals surface area (Å²) in [6, 6.07) is 22.3. The molecule has 0 atom stereocenters. The van der Waals surface area contributed by atoms with Gasteiger partial charge in [0.1, 0.15) is 34.9 Å². The Kier molecular flexibility index (Phi) is 47.0. The number of phenolic OH excluding ortho intramolecular Hbond substituents is 1. The third-order valence-corrected chi connectivity index (χ3v) is 22.2. The van der Waals surface area contributed by atoms with E-state index in [0.717, 1.165) is 77.9 Å². The van der Waals surface area contributed by atoms with E-state index in [-0.39, 0.29) is 72.3 Å². The van der Waals surface area contributed by atoms with Crippen LogP contribution in [0.3, 0.4) is 0 Å². The van der Waals surface area contributed by atoms with Gasteiger partial charge in [0.15, 0.2) is 69.0 Å². The highest BCUT2D eigenvalue weighted by Crippen LogP contribution is 2.45. The quantitative estimate of drug-likeness (QED) is 0.00957. The van der Waals surface area contributed by atoms with Crippen LogP contribution in [0.15, 0.2) is 110 Å². The third-order valence-electron chi connectivity index (χ3n) is 22.2. The molecule has 0 spiro atoms. The number of nitrogen functional groups attached to an aromatic ring is 12. The Balaban J connectivity index is 0.000000242. The minimum atomic E-state index is -0.819. The van der Waals surface area contributed by atoms with E-state index < -0.39 is 5.97 Å². The number of nitrogens with two attached hydrogens (primary N) is 12. The second kappa shape index (κ2) is 60.1. The molecule has 48 heteroatoms. The van der Waals surface area contributed by atoms with Gasteiger partial charge in [-0.1, -0.05) is 12.1 Å². The van der Waals surface area contributed by atoms with Crippen LogP contribution >= 0.6 is 0 Å². The predicted octanol–water partition coefficient (Wildman–Crippen LogP) is 9.86. The number of rotatable bonds is 50. The maximum absolute atomic E-state index is 12.3. The van der Waals surface area contributed by atoms with Crippen LogP contribution in [0.4, 0.5) is 70.6 Å². The van der Waals surface area contributed by atoms with Crippen molar-refractivity contribution in [3.05, 3.63) is 188 Å². The van der Waals surface area contributed by atoms with E-state index >= 15 is 0 Å². The number of aromatic hydroxyl groups is 1. The predicted molar refractivity (Wildman–Crippen MR) is 567 cm³/mol. The van der Waals surface area contributed by atoms with E-state index in [4.69, 9.17) is 150 Å². The van der Waals surface area contributed by atoms with Crippen LogP contribution in [0.25, 0.3) is 0 Å². The average molecular weight is 2080 g/mol. The van der Waals surface area contributed by atoms with Crippen LogP contribution in [0.1, 0.15) is 162 Å². The Morgan fingerprint density at radius 3 is 0.740 bits per heavy atom. The fourth-order valence-corrected chi connectivity index (χ4v) is 14.8. The van der Waals surface area contributed by atoms with Crippen molar-refractivity contribution in [2.45, 2.75) is 136 Å². The van der Waals surface area contributed by atoms with Crippen LogP contribution in [0.5, 0.6) is 92.0 Å². The Labute approximate surface area is 868 Å². The Hall–Kier alpha value is -17.9. The standard InChI is InChI=1S/C37H50N10O6.C20H28N4O5.C18H24N4O5.C14H18N4O3.C13H16N4O3/c1-22-13-24(15-26-19-42-36(40)46-34(26)38)17-28(50-3)32(22)52-11-7-5-9-30(48)44-21-45-31(49)10-6-8-12-53-33-23(2)14-25(18-29(33)51-4)16-27-20-43-37(41)47-35(27)39;1-4-28-17(25)7-5-6-8-29-18-15(26-2)10-13(11-16(18)27-3)9-14-12-23-20(22)24-19(14)21;1-25-13-8-11(7-12-10-21-18(20)22-17(12)19)9-14(26-2)16(13)27-6-4-3-5-15(23)24;1-19-10-5-8(6-11(20-2)12(10)21-3)4-9-7-17-14(16)18-13(9)15;1-19-9-4-7(5-10(20-2)11(9)18)3-8-6-16-13(15)17-12(8)14/h13-14,17-20H,5-12,15-16,21H2,1-4H3,(H,44,48)(H,45,49)(H4,38,40,42,46)(H4,39,41,43,47);10-12H,4-9H2,1-3H3,(H4,21,22,23,24);8-10H,3-7H2,1-2H3,(H,23,24)(H4,19,20,21,22);5-7H,4H2,1-3H3,(H4,15,16,17,18);4-6,18H,3H2,1-2H3,(H4,14,15,16,17). The zero-order valence-electron chi connectivity index (χ0n) is 86.7. The highest BCUT2D eigenvalue weighted by Gasteiger charge is 2.24. The van der Waals surface area contributed by atoms with E-state index in [1.165, 1.54) is 28.4 Å². The van der Waals surface area contributed by atoms with E-state index in [2.05, 4.69) is 70.4 Å². The maximum Gasteiger partial charge on any atom is 0.305 e. The van der Waals surface area contributed by atoms with E-state index in [0.29, 0.717) is 263 Å². The van der Waals surface area contributed by atoms with Crippen molar-refractivity contribution < 1.29 is 105 Å². The van der Waals surface area contributed by atoms with Crippen molar-refractivity contribution in [2.24, 2.45) is 0 Å². The summed E-state index contributed by atoms with van der Waals surface area (Å²) in [5.74, 6) is 9.41. The number of ether oxygens (including phenoxy) is 16. The lowest BCUT2D eigenvalue weighted by atomic mass is 10.0. The molecule has 0 aliphatic carbocycles. The summed E-state index contributed by atoms with van der Waals surface area (Å²) >= 11 is 0. The monoisotopic (exact) mass is 2080 g/mol. The number of nitrogens with zero attached hydrogens (tertiary/aromatic N) is 12. The van der Waals surface area contributed by atoms with Crippen LogP contribution < -0.4 is 150 Å². The molecule has 0 fully saturated rings. The first-order valence-electron chi connectivity index (χ1n) is 47.2. The molecule has 0 saturated heterocycles. The minimum Gasteiger partial charge on any atom is -0.502 e. The topological polar surface area (TPSA) is 747 Å². The number of nitrogens with one attached hydrogen (secondary N) is 2. The molecule has 0 radical (unpaired) electrons. The molecule has 12 rings (SSSR count). The summed E-state index contributed by atoms with van der Waals surface area (Å²) in [6.45, 7) is 7.74. The van der Waals surface area contributed by atoms with Gasteiger partial charge in [0.05, 0.1) is 118 Å². The Morgan fingerprint density at radius 1 is 0.287 bits per heavy atom. The van der Waals surface area contributed by atoms with Gasteiger partial charge in [0.25, 0.3) is 0 Å². The third kappa shape index (κ3) is 36.7. The molecular weight excluding hydrogens is 1940 g/mol. The number of anilines is 12. The molecule has 6 heterocycles. The lowest BCUT2D eigenvalue weighted by molar-refractivity contribution is -0.143. The number of carboxylic acid groups (broad SMARTS) is 1. The lowest BCUT2D eigenvalue weighted by Gasteiger charge is -2.16. The van der Waals surface area contributed by atoms with Crippen molar-refractivity contribution in [1.82, 2.24) is 70.4 Å². The molecule has 0 saturated carbocycles. The first-order chi connectivity index (χ1) is 72.0. The van der Waals surface area contributed by atoms with Gasteiger partial charge in [-0.3, -0.25) is 19.2 Å². The lowest BCUT2D eigenvalue weighted by Crippen LogP contribution is -2.37. The molecule has 0 bridgehead atoms. The molecule has 12 aromatic rings. The number of amides is 2. The first-order valence-corrected chi connectivity index (χ1v) is 47.2. The van der Waals surface area contributed by atoms with Gasteiger partial charge in [-0.2, -0.15) is 29.9 Å². The Bertz CT molecular complexity index is 6240. The largest absolute Gasteiger partial charge is 0.502 e. The molecule has 806 valence electrons. The van der Waals surface area contributed by atoms with Crippen molar-refractivity contribution in [3.63, 3.8) is 0 Å². The number of hydrogen-bond donors (Lipinski definition) is 16.